The van der Waals surface area contributed by atoms with Gasteiger partial charge in [-0.25, -0.2) is 9.37 Å². The van der Waals surface area contributed by atoms with E-state index in [0.29, 0.717) is 16.7 Å². The number of aromatic amines is 1. The average molecular weight is 498 g/mol. The van der Waals surface area contributed by atoms with Crippen LogP contribution in [-0.4, -0.2) is 88.2 Å². The summed E-state index contributed by atoms with van der Waals surface area (Å²) in [5.74, 6) is -1.17. The zero-order valence-electron chi connectivity index (χ0n) is 18.7. The number of aliphatic hydroxyl groups excluding tert-OH is 1. The molecule has 0 aliphatic rings. The van der Waals surface area contributed by atoms with Gasteiger partial charge < -0.3 is 30.9 Å². The van der Waals surface area contributed by atoms with E-state index in [0.717, 1.165) is 0 Å². The van der Waals surface area contributed by atoms with Crippen molar-refractivity contribution >= 4 is 62.6 Å². The molecule has 1 unspecified atom stereocenters. The van der Waals surface area contributed by atoms with Crippen molar-refractivity contribution in [2.75, 3.05) is 11.9 Å². The van der Waals surface area contributed by atoms with Crippen LogP contribution in [0.2, 0.25) is 10.1 Å². The summed E-state index contributed by atoms with van der Waals surface area (Å²) >= 11 is 6.27. The predicted molar refractivity (Wildman–Crippen MR) is 138 cm³/mol. The number of amides is 1. The first-order valence-corrected chi connectivity index (χ1v) is 10.7. The Morgan fingerprint density at radius 2 is 1.86 bits per heavy atom. The van der Waals surface area contributed by atoms with E-state index in [1.165, 1.54) is 42.7 Å². The van der Waals surface area contributed by atoms with Crippen LogP contribution in [0.1, 0.15) is 22.1 Å². The van der Waals surface area contributed by atoms with Gasteiger partial charge >= 0.3 is 0 Å². The third kappa shape index (κ3) is 5.83. The van der Waals surface area contributed by atoms with Crippen LogP contribution in [0, 0.1) is 5.82 Å². The van der Waals surface area contributed by atoms with Crippen molar-refractivity contribution < 1.29 is 24.5 Å². The normalized spacial score (nSPS) is 14.6. The zero-order chi connectivity index (χ0) is 26.9. The Kier molecular flexibility index (Phi) is 8.05. The Labute approximate surface area is 218 Å². The number of carbonyl (C=O) groups excluding carboxylic acids is 1. The van der Waals surface area contributed by atoms with Gasteiger partial charge in [0.2, 0.25) is 0 Å². The second kappa shape index (κ2) is 10.4. The molecule has 2 heterocycles. The molecule has 36 heavy (non-hydrogen) atoms. The fourth-order valence-electron chi connectivity index (χ4n) is 3.32. The molecule has 0 saturated heterocycles. The Morgan fingerprint density at radius 1 is 1.17 bits per heavy atom. The van der Waals surface area contributed by atoms with E-state index in [4.69, 9.17) is 50.8 Å². The molecule has 0 aliphatic carbocycles. The number of benzene rings is 1. The minimum absolute atomic E-state index is 0.0841. The van der Waals surface area contributed by atoms with Crippen LogP contribution < -0.4 is 10.6 Å². The van der Waals surface area contributed by atoms with Crippen molar-refractivity contribution in [2.24, 2.45) is 0 Å². The lowest BCUT2D eigenvalue weighted by Crippen LogP contribution is -2.67. The van der Waals surface area contributed by atoms with Crippen LogP contribution in [0.5, 0.6) is 0 Å². The molecule has 0 aliphatic heterocycles. The lowest BCUT2D eigenvalue weighted by molar-refractivity contribution is -0.109. The lowest BCUT2D eigenvalue weighted by Gasteiger charge is -2.52. The molecule has 1 amide bonds. The summed E-state index contributed by atoms with van der Waals surface area (Å²) in [4.78, 5) is 19.5. The molecule has 0 saturated carbocycles. The van der Waals surface area contributed by atoms with Gasteiger partial charge in [0.05, 0.1) is 41.2 Å². The smallest absolute Gasteiger partial charge is 0.268 e. The first-order chi connectivity index (χ1) is 16.7. The highest BCUT2D eigenvalue weighted by Gasteiger charge is 2.48. The molecule has 0 spiro atoms. The molecule has 8 nitrogen and oxygen atoms in total. The van der Waals surface area contributed by atoms with Crippen molar-refractivity contribution in [1.82, 2.24) is 15.3 Å². The summed E-state index contributed by atoms with van der Waals surface area (Å²) < 4.78 is 13.5. The fraction of sp³-hybridized carbons (Fsp3) is 0.238. The summed E-state index contributed by atoms with van der Waals surface area (Å²) in [7, 11) is 28.0. The molecular weight excluding hydrogens is 481 g/mol. The molecule has 2 aromatic heterocycles. The molecule has 1 aromatic carbocycles. The molecule has 0 bridgehead atoms. The first-order valence-electron chi connectivity index (χ1n) is 10.3. The van der Waals surface area contributed by atoms with Gasteiger partial charge in [0.25, 0.3) is 5.91 Å². The SMILES string of the molecule is [B]C([B])([B])C([B])(Nc1cc(-c2c[nH]c(C(=O)N[C@H](CO)c3cccc(F)c3)c2)c(Cl)cn1)C([B])(O)O. The van der Waals surface area contributed by atoms with Crippen LogP contribution in [0.4, 0.5) is 10.2 Å². The fourth-order valence-corrected chi connectivity index (χ4v) is 3.54. The molecule has 15 heteroatoms. The summed E-state index contributed by atoms with van der Waals surface area (Å²) in [6.07, 6.45) is 2.69. The molecule has 3 rings (SSSR count). The van der Waals surface area contributed by atoms with Crippen LogP contribution in [0.25, 0.3) is 11.1 Å². The van der Waals surface area contributed by atoms with E-state index in [1.807, 2.05) is 0 Å². The third-order valence-electron chi connectivity index (χ3n) is 5.42. The van der Waals surface area contributed by atoms with Crippen molar-refractivity contribution in [3.05, 3.63) is 70.9 Å². The number of aromatic nitrogens is 2. The Morgan fingerprint density at radius 3 is 2.44 bits per heavy atom. The Hall–Kier alpha value is -2.66. The summed E-state index contributed by atoms with van der Waals surface area (Å²) in [6.45, 7) is -0.460. The van der Waals surface area contributed by atoms with Crippen molar-refractivity contribution in [3.63, 3.8) is 0 Å². The second-order valence-electron chi connectivity index (χ2n) is 8.21. The standard InChI is InChI=1S/C21H17B5ClFN4O4/c22-19(20(23,24)25,21(26,35)36)32-17-6-13(14(27)8-30-17)11-5-15(29-7-11)18(34)31-16(9-33)10-2-1-3-12(28)4-10/h1-8,16,29,33,35-36H,9H2,(H,30,32)(H,31,34)/t16-,19?/m1/s1. The van der Waals surface area contributed by atoms with E-state index in [1.54, 1.807) is 6.07 Å². The van der Waals surface area contributed by atoms with E-state index in [9.17, 15) is 24.5 Å². The highest BCUT2D eigenvalue weighted by molar-refractivity contribution is 6.63. The lowest BCUT2D eigenvalue weighted by atomic mass is 9.28. The summed E-state index contributed by atoms with van der Waals surface area (Å²) in [6, 6.07) is 7.45. The van der Waals surface area contributed by atoms with Gasteiger partial charge in [-0.3, -0.25) is 4.79 Å². The molecule has 0 fully saturated rings. The van der Waals surface area contributed by atoms with Crippen LogP contribution in [0.15, 0.2) is 48.8 Å². The molecule has 10 radical (unpaired) electrons. The monoisotopic (exact) mass is 498 g/mol. The minimum atomic E-state index is -3.17. The number of carbonyl (C=O) groups is 1. The largest absolute Gasteiger partial charge is 0.394 e. The first kappa shape index (κ1) is 27.9. The maximum absolute atomic E-state index is 13.5. The average Bonchev–Trinajstić information content (AvgIpc) is 3.27. The van der Waals surface area contributed by atoms with Crippen molar-refractivity contribution in [2.45, 2.75) is 22.3 Å². The number of rotatable bonds is 9. The van der Waals surface area contributed by atoms with E-state index in [-0.39, 0.29) is 16.5 Å². The zero-order valence-corrected chi connectivity index (χ0v) is 19.5. The summed E-state index contributed by atoms with van der Waals surface area (Å²) in [5.41, 5.74) is -4.49. The summed E-state index contributed by atoms with van der Waals surface area (Å²) in [5, 5.41) is 32.2. The van der Waals surface area contributed by atoms with E-state index < -0.39 is 40.6 Å². The second-order valence-corrected chi connectivity index (χ2v) is 8.61. The van der Waals surface area contributed by atoms with Crippen LogP contribution >= 0.6 is 11.6 Å². The predicted octanol–water partition coefficient (Wildman–Crippen LogP) is -0.00460. The van der Waals surface area contributed by atoms with Gasteiger partial charge in [0.15, 0.2) is 7.85 Å². The Balaban J connectivity index is 1.86. The maximum Gasteiger partial charge on any atom is 0.268 e. The molecule has 6 N–H and O–H groups in total. The molecule has 174 valence electrons. The number of pyridine rings is 1. The highest BCUT2D eigenvalue weighted by Crippen LogP contribution is 2.37. The van der Waals surface area contributed by atoms with Gasteiger partial charge in [0.1, 0.15) is 30.9 Å². The van der Waals surface area contributed by atoms with Gasteiger partial charge in [-0.2, -0.15) is 0 Å². The third-order valence-corrected chi connectivity index (χ3v) is 5.72. The topological polar surface area (TPSA) is 130 Å². The van der Waals surface area contributed by atoms with Crippen LogP contribution in [0.3, 0.4) is 0 Å². The minimum Gasteiger partial charge on any atom is -0.394 e. The van der Waals surface area contributed by atoms with E-state index in [2.05, 4.69) is 20.6 Å². The molecule has 2 atom stereocenters. The number of anilines is 1. The molecular formula is C21H17B5ClFN4O4. The number of H-pyrrole nitrogens is 1. The number of hydrogen-bond donors (Lipinski definition) is 6. The number of aliphatic hydroxyl groups is 3. The van der Waals surface area contributed by atoms with Crippen molar-refractivity contribution in [1.29, 1.82) is 0 Å². The Bertz CT molecular complexity index is 1240. The quantitative estimate of drug-likeness (QED) is 0.182. The number of hydrogen-bond acceptors (Lipinski definition) is 6. The molecule has 3 aromatic rings. The maximum atomic E-state index is 13.5. The number of nitrogens with zero attached hydrogens (tertiary/aromatic N) is 1. The van der Waals surface area contributed by atoms with Gasteiger partial charge in [-0.1, -0.05) is 23.7 Å². The van der Waals surface area contributed by atoms with Gasteiger partial charge in [-0.15, -0.1) is 5.11 Å². The van der Waals surface area contributed by atoms with Gasteiger partial charge in [0, 0.05) is 29.0 Å². The van der Waals surface area contributed by atoms with Gasteiger partial charge in [-0.05, 0) is 29.8 Å². The number of halogens is 2. The van der Waals surface area contributed by atoms with E-state index >= 15 is 0 Å². The highest BCUT2D eigenvalue weighted by atomic mass is 35.5. The van der Waals surface area contributed by atoms with Crippen LogP contribution in [-0.2, 0) is 0 Å². The number of nitrogens with one attached hydrogen (secondary N) is 3. The van der Waals surface area contributed by atoms with Crippen molar-refractivity contribution in [3.8, 4) is 11.1 Å².